The summed E-state index contributed by atoms with van der Waals surface area (Å²) in [6, 6.07) is 14.3. The maximum absolute atomic E-state index is 13.5. The molecule has 0 atom stereocenters. The Labute approximate surface area is 216 Å². The lowest BCUT2D eigenvalue weighted by molar-refractivity contribution is -0.132. The third-order valence-electron chi connectivity index (χ3n) is 5.65. The van der Waals surface area contributed by atoms with Crippen LogP contribution >= 0.6 is 0 Å². The highest BCUT2D eigenvalue weighted by Crippen LogP contribution is 2.28. The van der Waals surface area contributed by atoms with E-state index < -0.39 is 11.8 Å². The van der Waals surface area contributed by atoms with E-state index in [1.54, 1.807) is 25.2 Å². The number of nitrogens with one attached hydrogen (secondary N) is 1. The van der Waals surface area contributed by atoms with Gasteiger partial charge < -0.3 is 29.0 Å². The summed E-state index contributed by atoms with van der Waals surface area (Å²) in [6.45, 7) is 6.08. The first-order valence-corrected chi connectivity index (χ1v) is 11.8. The molecule has 0 radical (unpaired) electrons. The molecule has 9 heteroatoms. The third kappa shape index (κ3) is 7.86. The molecule has 0 saturated carbocycles. The summed E-state index contributed by atoms with van der Waals surface area (Å²) < 4.78 is 29.9. The Hall–Kier alpha value is -4.27. The normalized spacial score (nSPS) is 10.5. The van der Waals surface area contributed by atoms with Crippen molar-refractivity contribution in [2.45, 2.75) is 19.9 Å². The second-order valence-electron chi connectivity index (χ2n) is 8.38. The van der Waals surface area contributed by atoms with Crippen molar-refractivity contribution in [2.75, 3.05) is 39.2 Å². The molecule has 0 aliphatic carbocycles. The third-order valence-corrected chi connectivity index (χ3v) is 5.65. The van der Waals surface area contributed by atoms with Crippen LogP contribution < -0.4 is 14.8 Å². The molecule has 0 fully saturated rings. The molecular weight excluding hydrogens is 477 g/mol. The van der Waals surface area contributed by atoms with E-state index in [1.165, 1.54) is 29.2 Å². The van der Waals surface area contributed by atoms with Crippen molar-refractivity contribution in [1.82, 2.24) is 9.80 Å². The lowest BCUT2D eigenvalue weighted by atomic mass is 10.1. The number of carbonyl (C=O) groups excluding carboxylic acids is 2. The molecule has 37 heavy (non-hydrogen) atoms. The zero-order chi connectivity index (χ0) is 26.8. The molecule has 0 bridgehead atoms. The van der Waals surface area contributed by atoms with E-state index in [0.717, 1.165) is 11.3 Å². The van der Waals surface area contributed by atoms with Gasteiger partial charge in [-0.1, -0.05) is 18.2 Å². The number of amides is 3. The average Bonchev–Trinajstić information content (AvgIpc) is 3.30. The van der Waals surface area contributed by atoms with Crippen LogP contribution in [0.4, 0.5) is 14.9 Å². The fourth-order valence-electron chi connectivity index (χ4n) is 3.76. The summed E-state index contributed by atoms with van der Waals surface area (Å²) in [5.74, 6) is 1.85. The van der Waals surface area contributed by atoms with E-state index in [1.807, 2.05) is 37.3 Å². The molecule has 0 saturated heterocycles. The van der Waals surface area contributed by atoms with Gasteiger partial charge in [-0.3, -0.25) is 4.79 Å². The zero-order valence-electron chi connectivity index (χ0n) is 21.3. The average molecular weight is 510 g/mol. The van der Waals surface area contributed by atoms with Crippen LogP contribution in [0.2, 0.25) is 0 Å². The Bertz CT molecular complexity index is 1230. The van der Waals surface area contributed by atoms with Crippen molar-refractivity contribution in [3.8, 4) is 11.5 Å². The van der Waals surface area contributed by atoms with Crippen LogP contribution in [0.15, 0.2) is 71.7 Å². The highest BCUT2D eigenvalue weighted by atomic mass is 19.1. The number of halogens is 1. The second-order valence-corrected chi connectivity index (χ2v) is 8.38. The summed E-state index contributed by atoms with van der Waals surface area (Å²) in [6.07, 6.45) is 2.07. The smallest absolute Gasteiger partial charge is 0.322 e. The Kier molecular flexibility index (Phi) is 9.71. The molecule has 0 aliphatic heterocycles. The number of hydrogen-bond donors (Lipinski definition) is 1. The number of rotatable bonds is 12. The Morgan fingerprint density at radius 1 is 1.05 bits per heavy atom. The van der Waals surface area contributed by atoms with Gasteiger partial charge in [0.2, 0.25) is 5.91 Å². The lowest BCUT2D eigenvalue weighted by Crippen LogP contribution is -2.44. The van der Waals surface area contributed by atoms with Gasteiger partial charge in [0.25, 0.3) is 0 Å². The monoisotopic (exact) mass is 509 g/mol. The van der Waals surface area contributed by atoms with Crippen LogP contribution in [0.1, 0.15) is 17.1 Å². The predicted molar refractivity (Wildman–Crippen MR) is 139 cm³/mol. The van der Waals surface area contributed by atoms with E-state index in [9.17, 15) is 14.0 Å². The van der Waals surface area contributed by atoms with E-state index >= 15 is 0 Å². The molecule has 0 unspecified atom stereocenters. The summed E-state index contributed by atoms with van der Waals surface area (Å²) in [4.78, 5) is 29.2. The molecule has 3 rings (SSSR count). The fourth-order valence-corrected chi connectivity index (χ4v) is 3.76. The van der Waals surface area contributed by atoms with Crippen molar-refractivity contribution in [3.05, 3.63) is 90.2 Å². The minimum Gasteiger partial charge on any atom is -0.493 e. The Morgan fingerprint density at radius 3 is 2.49 bits per heavy atom. The van der Waals surface area contributed by atoms with Gasteiger partial charge >= 0.3 is 6.03 Å². The number of urea groups is 1. The molecule has 196 valence electrons. The highest BCUT2D eigenvalue weighted by molar-refractivity contribution is 5.92. The lowest BCUT2D eigenvalue weighted by Gasteiger charge is -2.27. The number of carbonyl (C=O) groups is 2. The fraction of sp³-hybridized carbons (Fsp3) is 0.286. The van der Waals surface area contributed by atoms with Gasteiger partial charge in [-0.25, -0.2) is 9.18 Å². The quantitative estimate of drug-likeness (QED) is 0.346. The van der Waals surface area contributed by atoms with Crippen molar-refractivity contribution < 1.29 is 27.9 Å². The van der Waals surface area contributed by atoms with Crippen molar-refractivity contribution in [1.29, 1.82) is 0 Å². The number of methoxy groups -OCH3 is 2. The van der Waals surface area contributed by atoms with E-state index in [0.29, 0.717) is 35.9 Å². The minimum absolute atomic E-state index is 0.135. The number of furan rings is 1. The zero-order valence-corrected chi connectivity index (χ0v) is 21.3. The number of benzene rings is 2. The van der Waals surface area contributed by atoms with E-state index in [2.05, 4.69) is 11.9 Å². The van der Waals surface area contributed by atoms with Gasteiger partial charge in [0.1, 0.15) is 23.9 Å². The van der Waals surface area contributed by atoms with Crippen molar-refractivity contribution >= 4 is 17.6 Å². The van der Waals surface area contributed by atoms with Crippen LogP contribution in [-0.4, -0.2) is 55.6 Å². The molecule has 1 aromatic heterocycles. The largest absolute Gasteiger partial charge is 0.493 e. The van der Waals surface area contributed by atoms with Crippen LogP contribution in [-0.2, 0) is 17.8 Å². The first kappa shape index (κ1) is 27.3. The topological polar surface area (TPSA) is 84.2 Å². The first-order chi connectivity index (χ1) is 17.8. The summed E-state index contributed by atoms with van der Waals surface area (Å²) in [5, 5.41) is 2.63. The SMILES string of the molecule is C=CCN(CC(=O)N(CCc1ccc(OC)c(OC)c1)Cc1ccc(C)o1)C(=O)Nc1cccc(F)c1. The standard InChI is InChI=1S/C28H32FN3O5/c1-5-14-32(28(34)30-23-8-6-7-22(29)17-23)19-27(33)31(18-24-11-9-20(2)37-24)15-13-21-10-12-25(35-3)26(16-21)36-4/h5-12,16-17H,1,13-15,18-19H2,2-4H3,(H,30,34). The van der Waals surface area contributed by atoms with Gasteiger partial charge in [-0.2, -0.15) is 0 Å². The molecule has 3 aromatic rings. The predicted octanol–water partition coefficient (Wildman–Crippen LogP) is 5.04. The second kappa shape index (κ2) is 13.2. The summed E-state index contributed by atoms with van der Waals surface area (Å²) in [5.41, 5.74) is 1.25. The molecule has 1 heterocycles. The molecule has 3 amide bonds. The van der Waals surface area contributed by atoms with E-state index in [-0.39, 0.29) is 25.5 Å². The summed E-state index contributed by atoms with van der Waals surface area (Å²) >= 11 is 0. The Morgan fingerprint density at radius 2 is 1.84 bits per heavy atom. The van der Waals surface area contributed by atoms with Crippen molar-refractivity contribution in [2.24, 2.45) is 0 Å². The van der Waals surface area contributed by atoms with Crippen LogP contribution in [0.5, 0.6) is 11.5 Å². The van der Waals surface area contributed by atoms with Gasteiger partial charge in [0, 0.05) is 18.8 Å². The minimum atomic E-state index is -0.535. The van der Waals surface area contributed by atoms with Crippen LogP contribution in [0.25, 0.3) is 0 Å². The van der Waals surface area contributed by atoms with Gasteiger partial charge in [0.05, 0.1) is 20.8 Å². The molecular formula is C28H32FN3O5. The molecule has 0 spiro atoms. The molecule has 1 N–H and O–H groups in total. The van der Waals surface area contributed by atoms with Crippen molar-refractivity contribution in [3.63, 3.8) is 0 Å². The highest BCUT2D eigenvalue weighted by Gasteiger charge is 2.22. The maximum atomic E-state index is 13.5. The Balaban J connectivity index is 1.74. The number of anilines is 1. The molecule has 8 nitrogen and oxygen atoms in total. The van der Waals surface area contributed by atoms with Crippen LogP contribution in [0.3, 0.4) is 0 Å². The maximum Gasteiger partial charge on any atom is 0.322 e. The van der Waals surface area contributed by atoms with Crippen LogP contribution in [0, 0.1) is 12.7 Å². The number of hydrogen-bond acceptors (Lipinski definition) is 5. The number of ether oxygens (including phenoxy) is 2. The van der Waals surface area contributed by atoms with E-state index in [4.69, 9.17) is 13.9 Å². The first-order valence-electron chi connectivity index (χ1n) is 11.8. The number of nitrogens with zero attached hydrogens (tertiary/aromatic N) is 2. The van der Waals surface area contributed by atoms with Gasteiger partial charge in [-0.05, 0) is 61.4 Å². The molecule has 0 aliphatic rings. The summed E-state index contributed by atoms with van der Waals surface area (Å²) in [7, 11) is 3.14. The number of aryl methyl sites for hydroxylation is 1. The van der Waals surface area contributed by atoms with Gasteiger partial charge in [-0.15, -0.1) is 6.58 Å². The molecule has 2 aromatic carbocycles. The van der Waals surface area contributed by atoms with Gasteiger partial charge in [0.15, 0.2) is 11.5 Å².